The highest BCUT2D eigenvalue weighted by atomic mass is 16.2. The highest BCUT2D eigenvalue weighted by Gasteiger charge is 2.23. The number of para-hydroxylation sites is 1. The van der Waals surface area contributed by atoms with Gasteiger partial charge in [0, 0.05) is 18.3 Å². The fraction of sp³-hybridized carbons (Fsp3) is 0.294. The van der Waals surface area contributed by atoms with Gasteiger partial charge in [0.05, 0.1) is 11.9 Å². The van der Waals surface area contributed by atoms with E-state index in [0.29, 0.717) is 6.04 Å². The number of urea groups is 1. The Hall–Kier alpha value is -2.56. The lowest BCUT2D eigenvalue weighted by Crippen LogP contribution is -2.30. The molecule has 2 aliphatic rings. The van der Waals surface area contributed by atoms with Crippen LogP contribution in [0.15, 0.2) is 42.6 Å². The quantitative estimate of drug-likeness (QED) is 0.914. The van der Waals surface area contributed by atoms with Crippen LogP contribution in [0.4, 0.5) is 22.0 Å². The zero-order valence-corrected chi connectivity index (χ0v) is 12.2. The molecule has 2 aromatic rings. The standard InChI is InChI=1S/C17H18N4O/c22-17(19-13-5-6-13)20-14-7-8-16(18-11-14)21-10-9-12-3-1-2-4-15(12)21/h1-4,7-8,11,13H,5-6,9-10H2,(H2,19,20,22). The molecule has 2 N–H and O–H groups in total. The predicted octanol–water partition coefficient (Wildman–Crippen LogP) is 3.06. The molecule has 2 heterocycles. The van der Waals surface area contributed by atoms with Gasteiger partial charge >= 0.3 is 6.03 Å². The van der Waals surface area contributed by atoms with Gasteiger partial charge in [-0.05, 0) is 43.0 Å². The first-order valence-electron chi connectivity index (χ1n) is 7.68. The lowest BCUT2D eigenvalue weighted by atomic mass is 10.2. The molecule has 2 amide bonds. The summed E-state index contributed by atoms with van der Waals surface area (Å²) in [5.41, 5.74) is 3.30. The van der Waals surface area contributed by atoms with Gasteiger partial charge in [-0.25, -0.2) is 9.78 Å². The number of anilines is 3. The molecule has 5 nitrogen and oxygen atoms in total. The molecule has 0 unspecified atom stereocenters. The molecule has 1 aromatic heterocycles. The van der Waals surface area contributed by atoms with Crippen LogP contribution in [-0.2, 0) is 6.42 Å². The Kier molecular flexibility index (Phi) is 3.18. The maximum Gasteiger partial charge on any atom is 0.319 e. The molecule has 5 heteroatoms. The van der Waals surface area contributed by atoms with Crippen LogP contribution in [0, 0.1) is 0 Å². The summed E-state index contributed by atoms with van der Waals surface area (Å²) in [5, 5.41) is 5.72. The van der Waals surface area contributed by atoms with Gasteiger partial charge in [-0.1, -0.05) is 18.2 Å². The first kappa shape index (κ1) is 13.1. The zero-order chi connectivity index (χ0) is 14.9. The Morgan fingerprint density at radius 2 is 2.05 bits per heavy atom. The molecule has 0 radical (unpaired) electrons. The van der Waals surface area contributed by atoms with Crippen molar-refractivity contribution in [3.05, 3.63) is 48.2 Å². The number of fused-ring (bicyclic) bond motifs is 1. The topological polar surface area (TPSA) is 57.3 Å². The average Bonchev–Trinajstić information content (AvgIpc) is 3.24. The number of nitrogens with zero attached hydrogens (tertiary/aromatic N) is 2. The van der Waals surface area contributed by atoms with Crippen LogP contribution in [0.1, 0.15) is 18.4 Å². The normalized spacial score (nSPS) is 16.3. The second-order valence-corrected chi connectivity index (χ2v) is 5.81. The number of amides is 2. The van der Waals surface area contributed by atoms with Crippen LogP contribution < -0.4 is 15.5 Å². The summed E-state index contributed by atoms with van der Waals surface area (Å²) in [4.78, 5) is 18.4. The monoisotopic (exact) mass is 294 g/mol. The van der Waals surface area contributed by atoms with Gasteiger partial charge in [-0.3, -0.25) is 0 Å². The number of nitrogens with one attached hydrogen (secondary N) is 2. The van der Waals surface area contributed by atoms with Gasteiger partial charge in [0.15, 0.2) is 0 Å². The van der Waals surface area contributed by atoms with Crippen molar-refractivity contribution in [1.82, 2.24) is 10.3 Å². The highest BCUT2D eigenvalue weighted by Crippen LogP contribution is 2.33. The van der Waals surface area contributed by atoms with Crippen molar-refractivity contribution in [2.45, 2.75) is 25.3 Å². The summed E-state index contributed by atoms with van der Waals surface area (Å²) < 4.78 is 0. The Balaban J connectivity index is 1.47. The lowest BCUT2D eigenvalue weighted by molar-refractivity contribution is 0.251. The summed E-state index contributed by atoms with van der Waals surface area (Å²) in [6.07, 6.45) is 4.92. The molecule has 22 heavy (non-hydrogen) atoms. The SMILES string of the molecule is O=C(Nc1ccc(N2CCc3ccccc32)nc1)NC1CC1. The number of rotatable bonds is 3. The summed E-state index contributed by atoms with van der Waals surface area (Å²) in [5.74, 6) is 0.915. The zero-order valence-electron chi connectivity index (χ0n) is 12.2. The van der Waals surface area contributed by atoms with Crippen molar-refractivity contribution in [3.63, 3.8) is 0 Å². The Morgan fingerprint density at radius 3 is 2.82 bits per heavy atom. The van der Waals surface area contributed by atoms with Gasteiger partial charge in [-0.2, -0.15) is 0 Å². The van der Waals surface area contributed by atoms with Gasteiger partial charge in [0.2, 0.25) is 0 Å². The molecule has 0 atom stereocenters. The number of carbonyl (C=O) groups is 1. The molecule has 1 aliphatic heterocycles. The first-order valence-corrected chi connectivity index (χ1v) is 7.68. The van der Waals surface area contributed by atoms with Crippen molar-refractivity contribution < 1.29 is 4.79 Å². The number of pyridine rings is 1. The number of benzene rings is 1. The third-order valence-corrected chi connectivity index (χ3v) is 4.08. The van der Waals surface area contributed by atoms with Gasteiger partial charge in [0.25, 0.3) is 0 Å². The van der Waals surface area contributed by atoms with E-state index < -0.39 is 0 Å². The van der Waals surface area contributed by atoms with Crippen LogP contribution >= 0.6 is 0 Å². The molecule has 112 valence electrons. The van der Waals surface area contributed by atoms with E-state index in [0.717, 1.165) is 37.3 Å². The molecule has 1 saturated carbocycles. The number of aromatic nitrogens is 1. The van der Waals surface area contributed by atoms with E-state index >= 15 is 0 Å². The smallest absolute Gasteiger partial charge is 0.319 e. The molecular formula is C17H18N4O. The molecule has 1 aliphatic carbocycles. The largest absolute Gasteiger partial charge is 0.335 e. The Bertz CT molecular complexity index is 694. The third-order valence-electron chi connectivity index (χ3n) is 4.08. The molecule has 0 spiro atoms. The van der Waals surface area contributed by atoms with E-state index in [1.165, 1.54) is 11.3 Å². The Morgan fingerprint density at radius 1 is 1.18 bits per heavy atom. The molecule has 0 bridgehead atoms. The molecule has 1 fully saturated rings. The molecule has 0 saturated heterocycles. The second-order valence-electron chi connectivity index (χ2n) is 5.81. The lowest BCUT2D eigenvalue weighted by Gasteiger charge is -2.18. The molecule has 1 aromatic carbocycles. The summed E-state index contributed by atoms with van der Waals surface area (Å²) in [6, 6.07) is 12.5. The van der Waals surface area contributed by atoms with Crippen molar-refractivity contribution >= 4 is 23.2 Å². The van der Waals surface area contributed by atoms with Gasteiger partial charge in [0.1, 0.15) is 5.82 Å². The van der Waals surface area contributed by atoms with Crippen molar-refractivity contribution in [2.75, 3.05) is 16.8 Å². The average molecular weight is 294 g/mol. The number of carbonyl (C=O) groups excluding carboxylic acids is 1. The van der Waals surface area contributed by atoms with E-state index in [1.807, 2.05) is 12.1 Å². The van der Waals surface area contributed by atoms with Crippen molar-refractivity contribution in [3.8, 4) is 0 Å². The van der Waals surface area contributed by atoms with E-state index in [-0.39, 0.29) is 6.03 Å². The van der Waals surface area contributed by atoms with Crippen LogP contribution in [-0.4, -0.2) is 23.6 Å². The minimum absolute atomic E-state index is 0.149. The third kappa shape index (κ3) is 2.62. The highest BCUT2D eigenvalue weighted by molar-refractivity contribution is 5.89. The van der Waals surface area contributed by atoms with Crippen molar-refractivity contribution in [1.29, 1.82) is 0 Å². The van der Waals surface area contributed by atoms with Crippen LogP contribution in [0.3, 0.4) is 0 Å². The fourth-order valence-corrected chi connectivity index (χ4v) is 2.78. The van der Waals surface area contributed by atoms with Crippen LogP contribution in [0.25, 0.3) is 0 Å². The van der Waals surface area contributed by atoms with Crippen LogP contribution in [0.5, 0.6) is 0 Å². The summed E-state index contributed by atoms with van der Waals surface area (Å²) in [6.45, 7) is 0.946. The minimum atomic E-state index is -0.149. The summed E-state index contributed by atoms with van der Waals surface area (Å²) in [7, 11) is 0. The molecular weight excluding hydrogens is 276 g/mol. The maximum atomic E-state index is 11.7. The summed E-state index contributed by atoms with van der Waals surface area (Å²) >= 11 is 0. The second kappa shape index (κ2) is 5.33. The Labute approximate surface area is 129 Å². The van der Waals surface area contributed by atoms with Gasteiger partial charge in [-0.15, -0.1) is 0 Å². The van der Waals surface area contributed by atoms with Gasteiger partial charge < -0.3 is 15.5 Å². The van der Waals surface area contributed by atoms with E-state index in [4.69, 9.17) is 0 Å². The van der Waals surface area contributed by atoms with E-state index in [2.05, 4.69) is 44.8 Å². The molecule has 4 rings (SSSR count). The van der Waals surface area contributed by atoms with Crippen molar-refractivity contribution in [2.24, 2.45) is 0 Å². The number of hydrogen-bond acceptors (Lipinski definition) is 3. The predicted molar refractivity (Wildman–Crippen MR) is 86.6 cm³/mol. The number of hydrogen-bond donors (Lipinski definition) is 2. The maximum absolute atomic E-state index is 11.7. The van der Waals surface area contributed by atoms with E-state index in [9.17, 15) is 4.79 Å². The first-order chi connectivity index (χ1) is 10.8. The fourth-order valence-electron chi connectivity index (χ4n) is 2.78. The van der Waals surface area contributed by atoms with Crippen LogP contribution in [0.2, 0.25) is 0 Å². The minimum Gasteiger partial charge on any atom is -0.335 e. The van der Waals surface area contributed by atoms with E-state index in [1.54, 1.807) is 6.20 Å².